The first-order chi connectivity index (χ1) is 9.54. The van der Waals surface area contributed by atoms with Gasteiger partial charge >= 0.3 is 0 Å². The monoisotopic (exact) mass is 345 g/mol. The molecule has 2 atom stereocenters. The highest BCUT2D eigenvalue weighted by Crippen LogP contribution is 2.32. The highest BCUT2D eigenvalue weighted by atomic mass is 79.9. The van der Waals surface area contributed by atoms with Crippen LogP contribution in [0.15, 0.2) is 16.6 Å². The predicted octanol–water partition coefficient (Wildman–Crippen LogP) is 3.60. The van der Waals surface area contributed by atoms with Gasteiger partial charge in [-0.1, -0.05) is 12.8 Å². The maximum atomic E-state index is 13.9. The average molecular weight is 346 g/mol. The number of halogens is 3. The summed E-state index contributed by atoms with van der Waals surface area (Å²) in [7, 11) is 0. The molecule has 2 nitrogen and oxygen atoms in total. The predicted molar refractivity (Wildman–Crippen MR) is 77.3 cm³/mol. The largest absolute Gasteiger partial charge is 0.330 e. The zero-order valence-electron chi connectivity index (χ0n) is 11.2. The molecule has 2 N–H and O–H groups in total. The van der Waals surface area contributed by atoms with Crippen LogP contribution in [0.1, 0.15) is 31.2 Å². The number of rotatable bonds is 4. The lowest BCUT2D eigenvalue weighted by Gasteiger charge is -2.29. The summed E-state index contributed by atoms with van der Waals surface area (Å²) in [6.45, 7) is 0.458. The molecule has 1 saturated carbocycles. The van der Waals surface area contributed by atoms with Crippen molar-refractivity contribution in [1.29, 1.82) is 0 Å². The molecule has 0 saturated heterocycles. The Balaban J connectivity index is 2.17. The van der Waals surface area contributed by atoms with Crippen LogP contribution in [-0.4, -0.2) is 12.3 Å². The van der Waals surface area contributed by atoms with E-state index in [1.165, 1.54) is 12.1 Å². The van der Waals surface area contributed by atoms with E-state index in [4.69, 9.17) is 5.73 Å². The van der Waals surface area contributed by atoms with E-state index in [2.05, 4.69) is 15.9 Å². The lowest BCUT2D eigenvalue weighted by molar-refractivity contribution is -0.124. The lowest BCUT2D eigenvalue weighted by Crippen LogP contribution is -2.33. The summed E-state index contributed by atoms with van der Waals surface area (Å²) < 4.78 is 27.8. The zero-order valence-corrected chi connectivity index (χ0v) is 12.8. The molecule has 1 aliphatic rings. The Bertz CT molecular complexity index is 507. The summed E-state index contributed by atoms with van der Waals surface area (Å²) in [6, 6.07) is 2.49. The SMILES string of the molecule is NCC1CCCCC1C(=O)Cc1c(F)ccc(Br)c1F. The molecule has 0 amide bonds. The minimum atomic E-state index is -0.682. The third-order valence-corrected chi connectivity index (χ3v) is 4.73. The summed E-state index contributed by atoms with van der Waals surface area (Å²) in [4.78, 5) is 12.3. The van der Waals surface area contributed by atoms with Crippen LogP contribution in [0.4, 0.5) is 8.78 Å². The van der Waals surface area contributed by atoms with Gasteiger partial charge in [0, 0.05) is 17.9 Å². The molecule has 110 valence electrons. The molecule has 5 heteroatoms. The van der Waals surface area contributed by atoms with Gasteiger partial charge in [0.25, 0.3) is 0 Å². The van der Waals surface area contributed by atoms with Crippen LogP contribution in [0.2, 0.25) is 0 Å². The molecule has 20 heavy (non-hydrogen) atoms. The fourth-order valence-corrected chi connectivity index (χ4v) is 3.32. The molecule has 1 aromatic carbocycles. The van der Waals surface area contributed by atoms with E-state index in [1.54, 1.807) is 0 Å². The summed E-state index contributed by atoms with van der Waals surface area (Å²) in [6.07, 6.45) is 3.56. The summed E-state index contributed by atoms with van der Waals surface area (Å²) in [5.74, 6) is -1.46. The van der Waals surface area contributed by atoms with Crippen LogP contribution >= 0.6 is 15.9 Å². The van der Waals surface area contributed by atoms with Crippen LogP contribution in [0.3, 0.4) is 0 Å². The van der Waals surface area contributed by atoms with Gasteiger partial charge in [0.15, 0.2) is 0 Å². The molecule has 0 spiro atoms. The molecule has 0 aromatic heterocycles. The van der Waals surface area contributed by atoms with Gasteiger partial charge in [-0.25, -0.2) is 8.78 Å². The van der Waals surface area contributed by atoms with Gasteiger partial charge in [0.1, 0.15) is 17.4 Å². The lowest BCUT2D eigenvalue weighted by atomic mass is 9.76. The third-order valence-electron chi connectivity index (χ3n) is 4.12. The minimum absolute atomic E-state index is 0.101. The van der Waals surface area contributed by atoms with Crippen LogP contribution in [0.5, 0.6) is 0 Å². The molecule has 1 aliphatic carbocycles. The van der Waals surface area contributed by atoms with Crippen molar-refractivity contribution in [1.82, 2.24) is 0 Å². The Morgan fingerprint density at radius 3 is 2.70 bits per heavy atom. The number of ketones is 1. The number of hydrogen-bond acceptors (Lipinski definition) is 2. The van der Waals surface area contributed by atoms with Gasteiger partial charge in [-0.05, 0) is 53.4 Å². The maximum absolute atomic E-state index is 13.9. The summed E-state index contributed by atoms with van der Waals surface area (Å²) in [5, 5.41) is 0. The van der Waals surface area contributed by atoms with E-state index < -0.39 is 11.6 Å². The van der Waals surface area contributed by atoms with Gasteiger partial charge in [0.05, 0.1) is 4.47 Å². The number of nitrogens with two attached hydrogens (primary N) is 1. The smallest absolute Gasteiger partial charge is 0.143 e. The van der Waals surface area contributed by atoms with Crippen molar-refractivity contribution >= 4 is 21.7 Å². The maximum Gasteiger partial charge on any atom is 0.143 e. The second-order valence-corrected chi connectivity index (χ2v) is 6.21. The van der Waals surface area contributed by atoms with Crippen LogP contribution in [0.25, 0.3) is 0 Å². The van der Waals surface area contributed by atoms with E-state index in [0.717, 1.165) is 25.7 Å². The van der Waals surface area contributed by atoms with E-state index in [-0.39, 0.29) is 34.1 Å². The fraction of sp³-hybridized carbons (Fsp3) is 0.533. The summed E-state index contributed by atoms with van der Waals surface area (Å²) in [5.41, 5.74) is 5.55. The van der Waals surface area contributed by atoms with Crippen molar-refractivity contribution in [2.24, 2.45) is 17.6 Å². The Hall–Kier alpha value is -0.810. The highest BCUT2D eigenvalue weighted by molar-refractivity contribution is 9.10. The number of carbonyl (C=O) groups excluding carboxylic acids is 1. The molecule has 0 heterocycles. The quantitative estimate of drug-likeness (QED) is 0.847. The number of Topliss-reactive ketones (excluding diaryl/α,β-unsaturated/α-hetero) is 1. The first-order valence-electron chi connectivity index (χ1n) is 6.89. The second kappa shape index (κ2) is 6.76. The van der Waals surface area contributed by atoms with Crippen LogP contribution in [-0.2, 0) is 11.2 Å². The van der Waals surface area contributed by atoms with E-state index in [1.807, 2.05) is 0 Å². The fourth-order valence-electron chi connectivity index (χ4n) is 2.95. The van der Waals surface area contributed by atoms with Crippen molar-refractivity contribution in [3.05, 3.63) is 33.8 Å². The standard InChI is InChI=1S/C15H18BrF2NO/c16-12-5-6-13(17)11(15(12)18)7-14(20)10-4-2-1-3-9(10)8-19/h5-6,9-10H,1-4,7-8,19H2. The van der Waals surface area contributed by atoms with Gasteiger partial charge in [-0.2, -0.15) is 0 Å². The van der Waals surface area contributed by atoms with Crippen LogP contribution < -0.4 is 5.73 Å². The van der Waals surface area contributed by atoms with Gasteiger partial charge in [0.2, 0.25) is 0 Å². The minimum Gasteiger partial charge on any atom is -0.330 e. The van der Waals surface area contributed by atoms with E-state index >= 15 is 0 Å². The average Bonchev–Trinajstić information content (AvgIpc) is 2.47. The topological polar surface area (TPSA) is 43.1 Å². The number of benzene rings is 1. The first kappa shape index (κ1) is 15.6. The molecule has 1 fully saturated rings. The summed E-state index contributed by atoms with van der Waals surface area (Å²) >= 11 is 3.02. The molecular formula is C15H18BrF2NO. The van der Waals surface area contributed by atoms with Crippen molar-refractivity contribution < 1.29 is 13.6 Å². The Morgan fingerprint density at radius 1 is 1.30 bits per heavy atom. The Kier molecular flexibility index (Phi) is 5.27. The van der Waals surface area contributed by atoms with Crippen molar-refractivity contribution in [3.63, 3.8) is 0 Å². The van der Waals surface area contributed by atoms with Gasteiger partial charge in [-0.3, -0.25) is 4.79 Å². The normalized spacial score (nSPS) is 22.8. The molecule has 0 bridgehead atoms. The molecule has 2 unspecified atom stereocenters. The molecule has 2 rings (SSSR count). The molecule has 1 aromatic rings. The molecule has 0 aliphatic heterocycles. The Morgan fingerprint density at radius 2 is 2.00 bits per heavy atom. The third kappa shape index (κ3) is 3.26. The van der Waals surface area contributed by atoms with Crippen molar-refractivity contribution in [2.75, 3.05) is 6.54 Å². The van der Waals surface area contributed by atoms with E-state index in [9.17, 15) is 13.6 Å². The molecular weight excluding hydrogens is 328 g/mol. The Labute approximate surface area is 125 Å². The zero-order chi connectivity index (χ0) is 14.7. The number of carbonyl (C=O) groups is 1. The van der Waals surface area contributed by atoms with Gasteiger partial charge < -0.3 is 5.73 Å². The molecule has 0 radical (unpaired) electrons. The first-order valence-corrected chi connectivity index (χ1v) is 7.69. The number of hydrogen-bond donors (Lipinski definition) is 1. The van der Waals surface area contributed by atoms with Crippen LogP contribution in [0, 0.1) is 23.5 Å². The highest BCUT2D eigenvalue weighted by Gasteiger charge is 2.30. The van der Waals surface area contributed by atoms with Crippen molar-refractivity contribution in [3.8, 4) is 0 Å². The van der Waals surface area contributed by atoms with Crippen molar-refractivity contribution in [2.45, 2.75) is 32.1 Å². The second-order valence-electron chi connectivity index (χ2n) is 5.35. The van der Waals surface area contributed by atoms with Gasteiger partial charge in [-0.15, -0.1) is 0 Å². The van der Waals surface area contributed by atoms with E-state index in [0.29, 0.717) is 6.54 Å².